The molecule has 1 aliphatic rings. The number of carbonyl (C=O) groups excluding carboxylic acids is 2. The molecule has 1 rings (SSSR count). The van der Waals surface area contributed by atoms with Crippen LogP contribution in [0, 0.1) is 0 Å². The highest BCUT2D eigenvalue weighted by Gasteiger charge is 2.34. The van der Waals surface area contributed by atoms with Gasteiger partial charge in [-0.15, -0.1) is 0 Å². The van der Waals surface area contributed by atoms with Gasteiger partial charge in [-0.3, -0.25) is 4.90 Å². The van der Waals surface area contributed by atoms with Crippen LogP contribution in [0.15, 0.2) is 24.3 Å². The van der Waals surface area contributed by atoms with E-state index >= 15 is 0 Å². The van der Waals surface area contributed by atoms with Crippen LogP contribution in [-0.2, 0) is 14.3 Å². The van der Waals surface area contributed by atoms with Crippen molar-refractivity contribution >= 4 is 12.1 Å². The lowest BCUT2D eigenvalue weighted by Crippen LogP contribution is -2.47. The van der Waals surface area contributed by atoms with Gasteiger partial charge in [-0.2, -0.15) is 0 Å². The number of rotatable bonds is 2. The fourth-order valence-corrected chi connectivity index (χ4v) is 1.98. The fraction of sp³-hybridized carbons (Fsp3) is 0.600. The molecular formula is C15H23NO4. The molecule has 0 saturated carbocycles. The number of ether oxygens (including phenoxy) is 2. The Balaban J connectivity index is 2.92. The van der Waals surface area contributed by atoms with Gasteiger partial charge in [0.15, 0.2) is 0 Å². The number of hydrogen-bond donors (Lipinski definition) is 0. The number of methoxy groups -OCH3 is 1. The molecule has 20 heavy (non-hydrogen) atoms. The van der Waals surface area contributed by atoms with Gasteiger partial charge in [-0.25, -0.2) is 9.59 Å². The average molecular weight is 281 g/mol. The van der Waals surface area contributed by atoms with Crippen molar-refractivity contribution in [3.8, 4) is 0 Å². The standard InChI is InChI=1S/C15H23NO4/c1-6-11-7-8-12(13(17)19-5)16(10-9-11)14(18)20-15(2,3)4/h6-7,12H,1,8-10H2,2-5H3/t12-/m0/s1. The molecule has 0 fully saturated rings. The van der Waals surface area contributed by atoms with Crippen molar-refractivity contribution in [1.82, 2.24) is 4.90 Å². The molecule has 0 radical (unpaired) electrons. The van der Waals surface area contributed by atoms with Crippen molar-refractivity contribution in [2.75, 3.05) is 13.7 Å². The van der Waals surface area contributed by atoms with Crippen LogP contribution >= 0.6 is 0 Å². The highest BCUT2D eigenvalue weighted by molar-refractivity contribution is 5.82. The Morgan fingerprint density at radius 2 is 2.10 bits per heavy atom. The first-order chi connectivity index (χ1) is 9.28. The summed E-state index contributed by atoms with van der Waals surface area (Å²) in [7, 11) is 1.32. The molecule has 0 unspecified atom stereocenters. The van der Waals surface area contributed by atoms with Crippen molar-refractivity contribution in [3.05, 3.63) is 24.3 Å². The first-order valence-electron chi connectivity index (χ1n) is 6.67. The van der Waals surface area contributed by atoms with Crippen molar-refractivity contribution in [2.45, 2.75) is 45.3 Å². The molecule has 1 amide bonds. The Morgan fingerprint density at radius 3 is 2.60 bits per heavy atom. The van der Waals surface area contributed by atoms with Gasteiger partial charge in [-0.1, -0.05) is 24.3 Å². The van der Waals surface area contributed by atoms with Crippen molar-refractivity contribution < 1.29 is 19.1 Å². The van der Waals surface area contributed by atoms with Gasteiger partial charge in [-0.05, 0) is 33.6 Å². The quantitative estimate of drug-likeness (QED) is 0.730. The van der Waals surface area contributed by atoms with E-state index in [1.807, 2.05) is 6.08 Å². The maximum atomic E-state index is 12.2. The number of hydrogen-bond acceptors (Lipinski definition) is 4. The van der Waals surface area contributed by atoms with Crippen LogP contribution in [0.1, 0.15) is 33.6 Å². The fourth-order valence-electron chi connectivity index (χ4n) is 1.98. The van der Waals surface area contributed by atoms with Crippen LogP contribution in [0.2, 0.25) is 0 Å². The minimum atomic E-state index is -0.646. The Hall–Kier alpha value is -1.78. The van der Waals surface area contributed by atoms with Crippen LogP contribution in [0.3, 0.4) is 0 Å². The van der Waals surface area contributed by atoms with Gasteiger partial charge in [0.2, 0.25) is 0 Å². The van der Waals surface area contributed by atoms with Crippen molar-refractivity contribution in [1.29, 1.82) is 0 Å². The molecule has 0 aromatic carbocycles. The van der Waals surface area contributed by atoms with Crippen LogP contribution in [0.4, 0.5) is 4.79 Å². The number of nitrogens with zero attached hydrogens (tertiary/aromatic N) is 1. The van der Waals surface area contributed by atoms with E-state index < -0.39 is 23.7 Å². The summed E-state index contributed by atoms with van der Waals surface area (Å²) in [5.74, 6) is -0.433. The lowest BCUT2D eigenvalue weighted by molar-refractivity contribution is -0.146. The number of allylic oxidation sites excluding steroid dienone is 1. The van der Waals surface area contributed by atoms with Crippen molar-refractivity contribution in [2.24, 2.45) is 0 Å². The van der Waals surface area contributed by atoms with Gasteiger partial charge in [0.25, 0.3) is 0 Å². The third-order valence-corrected chi connectivity index (χ3v) is 2.98. The zero-order chi connectivity index (χ0) is 15.3. The van der Waals surface area contributed by atoms with E-state index in [2.05, 4.69) is 6.58 Å². The molecule has 0 aromatic heterocycles. The topological polar surface area (TPSA) is 55.8 Å². The van der Waals surface area contributed by atoms with Gasteiger partial charge < -0.3 is 9.47 Å². The van der Waals surface area contributed by atoms with Crippen molar-refractivity contribution in [3.63, 3.8) is 0 Å². The first kappa shape index (κ1) is 16.3. The van der Waals surface area contributed by atoms with E-state index in [4.69, 9.17) is 9.47 Å². The molecule has 0 saturated heterocycles. The lowest BCUT2D eigenvalue weighted by atomic mass is 10.1. The molecule has 5 nitrogen and oxygen atoms in total. The Morgan fingerprint density at radius 1 is 1.45 bits per heavy atom. The smallest absolute Gasteiger partial charge is 0.411 e. The van der Waals surface area contributed by atoms with Crippen LogP contribution in [0.5, 0.6) is 0 Å². The van der Waals surface area contributed by atoms with E-state index in [0.29, 0.717) is 19.4 Å². The van der Waals surface area contributed by atoms with Gasteiger partial charge in [0.05, 0.1) is 7.11 Å². The molecular weight excluding hydrogens is 258 g/mol. The van der Waals surface area contributed by atoms with E-state index in [9.17, 15) is 9.59 Å². The van der Waals surface area contributed by atoms with E-state index in [1.165, 1.54) is 12.0 Å². The number of esters is 1. The number of amides is 1. The molecule has 0 spiro atoms. The molecule has 1 heterocycles. The molecule has 112 valence electrons. The van der Waals surface area contributed by atoms with E-state index in [-0.39, 0.29) is 0 Å². The van der Waals surface area contributed by atoms with E-state index in [1.54, 1.807) is 26.8 Å². The predicted octanol–water partition coefficient (Wildman–Crippen LogP) is 2.67. The second kappa shape index (κ2) is 6.59. The highest BCUT2D eigenvalue weighted by atomic mass is 16.6. The average Bonchev–Trinajstić information content (AvgIpc) is 2.57. The summed E-state index contributed by atoms with van der Waals surface area (Å²) in [6.07, 6.45) is 4.22. The third kappa shape index (κ3) is 4.40. The summed E-state index contributed by atoms with van der Waals surface area (Å²) in [6.45, 7) is 9.52. The molecule has 0 aliphatic carbocycles. The molecule has 1 atom stereocenters. The highest BCUT2D eigenvalue weighted by Crippen LogP contribution is 2.21. The largest absolute Gasteiger partial charge is 0.467 e. The third-order valence-electron chi connectivity index (χ3n) is 2.98. The maximum Gasteiger partial charge on any atom is 0.411 e. The maximum absolute atomic E-state index is 12.2. The lowest BCUT2D eigenvalue weighted by Gasteiger charge is -2.30. The second-order valence-electron chi connectivity index (χ2n) is 5.68. The molecule has 0 aromatic rings. The zero-order valence-corrected chi connectivity index (χ0v) is 12.6. The van der Waals surface area contributed by atoms with Crippen LogP contribution in [0.25, 0.3) is 0 Å². The summed E-state index contributed by atoms with van der Waals surface area (Å²) in [5, 5.41) is 0. The SMILES string of the molecule is C=CC1=CC[C@@H](C(=O)OC)N(C(=O)OC(C)(C)C)CC1. The molecule has 0 bridgehead atoms. The van der Waals surface area contributed by atoms with Gasteiger partial charge in [0.1, 0.15) is 11.6 Å². The summed E-state index contributed by atoms with van der Waals surface area (Å²) in [6, 6.07) is -0.646. The summed E-state index contributed by atoms with van der Waals surface area (Å²) in [5.41, 5.74) is 0.420. The summed E-state index contributed by atoms with van der Waals surface area (Å²) in [4.78, 5) is 25.5. The molecule has 5 heteroatoms. The second-order valence-corrected chi connectivity index (χ2v) is 5.68. The van der Waals surface area contributed by atoms with Crippen LogP contribution in [-0.4, -0.2) is 42.3 Å². The van der Waals surface area contributed by atoms with E-state index in [0.717, 1.165) is 5.57 Å². The Bertz CT molecular complexity index is 420. The summed E-state index contributed by atoms with van der Waals surface area (Å²) >= 11 is 0. The minimum Gasteiger partial charge on any atom is -0.467 e. The van der Waals surface area contributed by atoms with Gasteiger partial charge in [0, 0.05) is 6.54 Å². The monoisotopic (exact) mass is 281 g/mol. The Labute approximate surface area is 120 Å². The summed E-state index contributed by atoms with van der Waals surface area (Å²) < 4.78 is 10.1. The zero-order valence-electron chi connectivity index (χ0n) is 12.6. The normalized spacial score (nSPS) is 19.7. The van der Waals surface area contributed by atoms with Gasteiger partial charge >= 0.3 is 12.1 Å². The predicted molar refractivity (Wildman–Crippen MR) is 76.3 cm³/mol. The minimum absolute atomic E-state index is 0.409. The first-order valence-corrected chi connectivity index (χ1v) is 6.67. The molecule has 0 N–H and O–H groups in total. The Kier molecular flexibility index (Phi) is 5.36. The molecule has 1 aliphatic heterocycles. The van der Waals surface area contributed by atoms with Crippen LogP contribution < -0.4 is 0 Å². The number of carbonyl (C=O) groups is 2.